The molecule has 0 saturated carbocycles. The van der Waals surface area contributed by atoms with Gasteiger partial charge in [0.05, 0.1) is 6.54 Å². The highest BCUT2D eigenvalue weighted by Crippen LogP contribution is 2.06. The van der Waals surface area contributed by atoms with Gasteiger partial charge in [0.2, 0.25) is 0 Å². The molecule has 4 heteroatoms. The van der Waals surface area contributed by atoms with Gasteiger partial charge in [-0.2, -0.15) is 0 Å². The summed E-state index contributed by atoms with van der Waals surface area (Å²) in [4.78, 5) is 11.3. The first-order valence-corrected chi connectivity index (χ1v) is 5.89. The van der Waals surface area contributed by atoms with Crippen molar-refractivity contribution in [3.8, 4) is 0 Å². The summed E-state index contributed by atoms with van der Waals surface area (Å²) in [6, 6.07) is 0.0995. The molecule has 0 radical (unpaired) electrons. The van der Waals surface area contributed by atoms with Gasteiger partial charge in [-0.15, -0.1) is 0 Å². The lowest BCUT2D eigenvalue weighted by atomic mass is 10.0. The average Bonchev–Trinajstić information content (AvgIpc) is 1.98. The maximum Gasteiger partial charge on any atom is 0.320 e. The molecule has 0 bridgehead atoms. The molecule has 0 aromatic carbocycles. The molecule has 16 heavy (non-hydrogen) atoms. The van der Waals surface area contributed by atoms with Crippen LogP contribution in [-0.2, 0) is 9.53 Å². The van der Waals surface area contributed by atoms with Gasteiger partial charge in [0.1, 0.15) is 5.60 Å². The zero-order valence-corrected chi connectivity index (χ0v) is 11.2. The molecular weight excluding hydrogens is 204 g/mol. The van der Waals surface area contributed by atoms with Crippen LogP contribution in [0, 0.1) is 5.92 Å². The second kappa shape index (κ2) is 6.86. The SMILES string of the molecule is CC(C)CC(N)CNCC(=O)OC(C)(C)C. The Balaban J connectivity index is 3.62. The third-order valence-corrected chi connectivity index (χ3v) is 1.87. The molecule has 1 unspecified atom stereocenters. The summed E-state index contributed by atoms with van der Waals surface area (Å²) in [5.41, 5.74) is 5.46. The molecule has 0 rings (SSSR count). The van der Waals surface area contributed by atoms with Crippen molar-refractivity contribution in [2.45, 2.75) is 52.7 Å². The Morgan fingerprint density at radius 1 is 1.38 bits per heavy atom. The first kappa shape index (κ1) is 15.4. The van der Waals surface area contributed by atoms with Crippen LogP contribution >= 0.6 is 0 Å². The van der Waals surface area contributed by atoms with Gasteiger partial charge in [0.25, 0.3) is 0 Å². The number of nitrogens with two attached hydrogens (primary N) is 1. The molecule has 4 nitrogen and oxygen atoms in total. The van der Waals surface area contributed by atoms with Crippen molar-refractivity contribution in [3.05, 3.63) is 0 Å². The number of carbonyl (C=O) groups excluding carboxylic acids is 1. The highest BCUT2D eigenvalue weighted by molar-refractivity contribution is 5.72. The standard InChI is InChI=1S/C12H26N2O2/c1-9(2)6-10(13)7-14-8-11(15)16-12(3,4)5/h9-10,14H,6-8,13H2,1-5H3. The van der Waals surface area contributed by atoms with Crippen LogP contribution in [0.1, 0.15) is 41.0 Å². The van der Waals surface area contributed by atoms with Crippen molar-refractivity contribution in [2.24, 2.45) is 11.7 Å². The molecule has 0 aromatic heterocycles. The van der Waals surface area contributed by atoms with Gasteiger partial charge in [0, 0.05) is 12.6 Å². The second-order valence-corrected chi connectivity index (χ2v) is 5.61. The molecule has 0 aliphatic rings. The van der Waals surface area contributed by atoms with E-state index in [0.717, 1.165) is 6.42 Å². The molecular formula is C12H26N2O2. The van der Waals surface area contributed by atoms with Crippen molar-refractivity contribution in [1.82, 2.24) is 5.32 Å². The van der Waals surface area contributed by atoms with E-state index in [1.54, 1.807) is 0 Å². The van der Waals surface area contributed by atoms with Gasteiger partial charge in [0.15, 0.2) is 0 Å². The minimum absolute atomic E-state index is 0.0995. The van der Waals surface area contributed by atoms with Crippen LogP contribution in [0.4, 0.5) is 0 Å². The van der Waals surface area contributed by atoms with Crippen molar-refractivity contribution in [1.29, 1.82) is 0 Å². The van der Waals surface area contributed by atoms with E-state index in [1.165, 1.54) is 0 Å². The molecule has 0 heterocycles. The fourth-order valence-electron chi connectivity index (χ4n) is 1.43. The average molecular weight is 230 g/mol. The summed E-state index contributed by atoms with van der Waals surface area (Å²) in [5, 5.41) is 3.01. The Hall–Kier alpha value is -0.610. The third kappa shape index (κ3) is 9.93. The van der Waals surface area contributed by atoms with Gasteiger partial charge < -0.3 is 15.8 Å². The van der Waals surface area contributed by atoms with E-state index in [2.05, 4.69) is 19.2 Å². The highest BCUT2D eigenvalue weighted by Gasteiger charge is 2.15. The Morgan fingerprint density at radius 2 is 1.94 bits per heavy atom. The minimum Gasteiger partial charge on any atom is -0.459 e. The van der Waals surface area contributed by atoms with Gasteiger partial charge in [-0.05, 0) is 33.1 Å². The van der Waals surface area contributed by atoms with Crippen LogP contribution in [0.15, 0.2) is 0 Å². The van der Waals surface area contributed by atoms with Gasteiger partial charge in [-0.3, -0.25) is 4.79 Å². The van der Waals surface area contributed by atoms with E-state index >= 15 is 0 Å². The minimum atomic E-state index is -0.418. The predicted octanol–water partition coefficient (Wildman–Crippen LogP) is 1.29. The van der Waals surface area contributed by atoms with E-state index in [-0.39, 0.29) is 18.6 Å². The summed E-state index contributed by atoms with van der Waals surface area (Å²) in [6.07, 6.45) is 0.960. The number of hydrogen-bond acceptors (Lipinski definition) is 4. The molecule has 0 amide bonds. The highest BCUT2D eigenvalue weighted by atomic mass is 16.6. The van der Waals surface area contributed by atoms with Crippen LogP contribution in [-0.4, -0.2) is 30.7 Å². The molecule has 0 aliphatic carbocycles. The maximum absolute atomic E-state index is 11.3. The van der Waals surface area contributed by atoms with Gasteiger partial charge >= 0.3 is 5.97 Å². The Kier molecular flexibility index (Phi) is 6.60. The second-order valence-electron chi connectivity index (χ2n) is 5.61. The smallest absolute Gasteiger partial charge is 0.320 e. The van der Waals surface area contributed by atoms with Crippen LogP contribution in [0.25, 0.3) is 0 Å². The molecule has 0 aliphatic heterocycles. The van der Waals surface area contributed by atoms with Crippen LogP contribution in [0.5, 0.6) is 0 Å². The summed E-state index contributed by atoms with van der Waals surface area (Å²) < 4.78 is 5.16. The monoisotopic (exact) mass is 230 g/mol. The lowest BCUT2D eigenvalue weighted by molar-refractivity contribution is -0.153. The zero-order chi connectivity index (χ0) is 12.8. The zero-order valence-electron chi connectivity index (χ0n) is 11.2. The van der Waals surface area contributed by atoms with Crippen molar-refractivity contribution in [3.63, 3.8) is 0 Å². The van der Waals surface area contributed by atoms with Crippen LogP contribution in [0.2, 0.25) is 0 Å². The number of ether oxygens (including phenoxy) is 1. The van der Waals surface area contributed by atoms with Crippen molar-refractivity contribution >= 4 is 5.97 Å². The Morgan fingerprint density at radius 3 is 2.38 bits per heavy atom. The lowest BCUT2D eigenvalue weighted by Gasteiger charge is -2.20. The lowest BCUT2D eigenvalue weighted by Crippen LogP contribution is -2.39. The maximum atomic E-state index is 11.3. The summed E-state index contributed by atoms with van der Waals surface area (Å²) in [5.74, 6) is 0.350. The molecule has 0 fully saturated rings. The number of hydrogen-bond donors (Lipinski definition) is 2. The first-order valence-electron chi connectivity index (χ1n) is 5.89. The van der Waals surface area contributed by atoms with E-state index in [9.17, 15) is 4.79 Å². The van der Waals surface area contributed by atoms with E-state index in [4.69, 9.17) is 10.5 Å². The molecule has 0 spiro atoms. The normalized spacial score (nSPS) is 13.9. The van der Waals surface area contributed by atoms with E-state index in [0.29, 0.717) is 12.5 Å². The largest absolute Gasteiger partial charge is 0.459 e. The quantitative estimate of drug-likeness (QED) is 0.675. The Bertz CT molecular complexity index is 210. The number of carbonyl (C=O) groups is 1. The predicted molar refractivity (Wildman–Crippen MR) is 66.1 cm³/mol. The van der Waals surface area contributed by atoms with Gasteiger partial charge in [-0.25, -0.2) is 0 Å². The fourth-order valence-corrected chi connectivity index (χ4v) is 1.43. The summed E-state index contributed by atoms with van der Waals surface area (Å²) >= 11 is 0. The molecule has 96 valence electrons. The number of esters is 1. The number of nitrogens with one attached hydrogen (secondary N) is 1. The van der Waals surface area contributed by atoms with E-state index < -0.39 is 5.60 Å². The van der Waals surface area contributed by atoms with E-state index in [1.807, 2.05) is 20.8 Å². The number of rotatable bonds is 6. The van der Waals surface area contributed by atoms with Crippen LogP contribution in [0.3, 0.4) is 0 Å². The summed E-state index contributed by atoms with van der Waals surface area (Å²) in [7, 11) is 0. The van der Waals surface area contributed by atoms with Crippen molar-refractivity contribution < 1.29 is 9.53 Å². The third-order valence-electron chi connectivity index (χ3n) is 1.87. The topological polar surface area (TPSA) is 64.3 Å². The van der Waals surface area contributed by atoms with Crippen LogP contribution < -0.4 is 11.1 Å². The first-order chi connectivity index (χ1) is 7.20. The fraction of sp³-hybridized carbons (Fsp3) is 0.917. The summed E-state index contributed by atoms with van der Waals surface area (Å²) in [6.45, 7) is 10.7. The molecule has 0 aromatic rings. The molecule has 3 N–H and O–H groups in total. The Labute approximate surface area is 98.9 Å². The molecule has 0 saturated heterocycles. The van der Waals surface area contributed by atoms with Crippen molar-refractivity contribution in [2.75, 3.05) is 13.1 Å². The van der Waals surface area contributed by atoms with Gasteiger partial charge in [-0.1, -0.05) is 13.8 Å². The molecule has 1 atom stereocenters.